The first-order valence-electron chi connectivity index (χ1n) is 9.44. The maximum Gasteiger partial charge on any atom is 0.243 e. The number of hydrogen-bond acceptors (Lipinski definition) is 6. The summed E-state index contributed by atoms with van der Waals surface area (Å²) >= 11 is 0. The first-order chi connectivity index (χ1) is 14.0. The van der Waals surface area contributed by atoms with E-state index in [4.69, 9.17) is 4.42 Å². The molecule has 154 valence electrons. The molecule has 0 spiro atoms. The van der Waals surface area contributed by atoms with Crippen molar-refractivity contribution in [3.05, 3.63) is 78.5 Å². The van der Waals surface area contributed by atoms with Crippen LogP contribution in [0.3, 0.4) is 0 Å². The second-order valence-corrected chi connectivity index (χ2v) is 8.79. The summed E-state index contributed by atoms with van der Waals surface area (Å²) in [5, 5.41) is 6.37. The topological polar surface area (TPSA) is 87.5 Å². The summed E-state index contributed by atoms with van der Waals surface area (Å²) in [7, 11) is -3.60. The predicted octanol–water partition coefficient (Wildman–Crippen LogP) is 3.43. The fourth-order valence-corrected chi connectivity index (χ4v) is 4.49. The number of sulfonamides is 1. The third-order valence-corrected chi connectivity index (χ3v) is 6.45. The fraction of sp³-hybridized carbons (Fsp3) is 0.286. The van der Waals surface area contributed by atoms with Gasteiger partial charge in [-0.2, -0.15) is 4.31 Å². The molecule has 0 bridgehead atoms. The van der Waals surface area contributed by atoms with Crippen molar-refractivity contribution >= 4 is 15.7 Å². The minimum atomic E-state index is -3.60. The van der Waals surface area contributed by atoms with Crippen molar-refractivity contribution in [2.24, 2.45) is 0 Å². The van der Waals surface area contributed by atoms with E-state index in [9.17, 15) is 8.42 Å². The molecule has 0 radical (unpaired) electrons. The SMILES string of the molecule is CC(C)N(Cc1ccccc1)S(=O)(=O)c1ccc(NCNCc2cnco2)cc1. The zero-order chi connectivity index (χ0) is 20.7. The van der Waals surface area contributed by atoms with Crippen LogP contribution in [0.4, 0.5) is 5.69 Å². The van der Waals surface area contributed by atoms with Gasteiger partial charge in [-0.25, -0.2) is 13.4 Å². The highest BCUT2D eigenvalue weighted by molar-refractivity contribution is 7.89. The summed E-state index contributed by atoms with van der Waals surface area (Å²) in [6.45, 7) is 5.18. The van der Waals surface area contributed by atoms with Crippen LogP contribution in [0.5, 0.6) is 0 Å². The van der Waals surface area contributed by atoms with E-state index in [0.717, 1.165) is 17.0 Å². The second-order valence-electron chi connectivity index (χ2n) is 6.90. The van der Waals surface area contributed by atoms with Crippen LogP contribution in [0.15, 0.2) is 76.5 Å². The summed E-state index contributed by atoms with van der Waals surface area (Å²) in [6, 6.07) is 16.3. The van der Waals surface area contributed by atoms with Crippen LogP contribution in [0.25, 0.3) is 0 Å². The Morgan fingerprint density at radius 2 is 1.79 bits per heavy atom. The van der Waals surface area contributed by atoms with E-state index in [2.05, 4.69) is 15.6 Å². The van der Waals surface area contributed by atoms with Crippen molar-refractivity contribution < 1.29 is 12.8 Å². The van der Waals surface area contributed by atoms with Crippen molar-refractivity contribution in [1.82, 2.24) is 14.6 Å². The molecule has 0 atom stereocenters. The van der Waals surface area contributed by atoms with Gasteiger partial charge in [0.05, 0.1) is 24.3 Å². The molecule has 3 rings (SSSR count). The zero-order valence-corrected chi connectivity index (χ0v) is 17.4. The van der Waals surface area contributed by atoms with Crippen LogP contribution >= 0.6 is 0 Å². The van der Waals surface area contributed by atoms with Gasteiger partial charge in [-0.15, -0.1) is 0 Å². The molecule has 0 unspecified atom stereocenters. The molecule has 1 aromatic heterocycles. The van der Waals surface area contributed by atoms with E-state index in [1.165, 1.54) is 10.7 Å². The third-order valence-electron chi connectivity index (χ3n) is 4.42. The Hall–Kier alpha value is -2.68. The quantitative estimate of drug-likeness (QED) is 0.390. The average Bonchev–Trinajstić information content (AvgIpc) is 3.24. The molecule has 0 aliphatic heterocycles. The van der Waals surface area contributed by atoms with Crippen molar-refractivity contribution in [2.45, 2.75) is 37.9 Å². The Bertz CT molecular complexity index is 973. The van der Waals surface area contributed by atoms with Crippen LogP contribution in [-0.2, 0) is 23.1 Å². The summed E-state index contributed by atoms with van der Waals surface area (Å²) < 4.78 is 33.0. The van der Waals surface area contributed by atoms with Crippen LogP contribution in [0, 0.1) is 0 Å². The highest BCUT2D eigenvalue weighted by Gasteiger charge is 2.27. The molecule has 2 aromatic carbocycles. The van der Waals surface area contributed by atoms with Crippen LogP contribution < -0.4 is 10.6 Å². The number of hydrogen-bond donors (Lipinski definition) is 2. The van der Waals surface area contributed by atoms with E-state index in [1.54, 1.807) is 30.5 Å². The molecular formula is C21H26N4O3S. The Morgan fingerprint density at radius 1 is 1.07 bits per heavy atom. The van der Waals surface area contributed by atoms with Gasteiger partial charge in [-0.3, -0.25) is 5.32 Å². The summed E-state index contributed by atoms with van der Waals surface area (Å²) in [6.07, 6.45) is 3.05. The molecule has 0 aliphatic rings. The highest BCUT2D eigenvalue weighted by Crippen LogP contribution is 2.22. The standard InChI is InChI=1S/C21H26N4O3S/c1-17(2)25(14-18-6-4-3-5-7-18)29(26,27)21-10-8-19(9-11-21)24-15-22-12-20-13-23-16-28-20/h3-11,13,16-17,22,24H,12,14-15H2,1-2H3. The summed E-state index contributed by atoms with van der Waals surface area (Å²) in [5.74, 6) is 0.750. The van der Waals surface area contributed by atoms with Gasteiger partial charge in [0.1, 0.15) is 5.76 Å². The van der Waals surface area contributed by atoms with Crippen molar-refractivity contribution in [3.8, 4) is 0 Å². The Balaban J connectivity index is 1.63. The number of rotatable bonds is 10. The average molecular weight is 415 g/mol. The minimum Gasteiger partial charge on any atom is -0.447 e. The molecule has 0 saturated heterocycles. The highest BCUT2D eigenvalue weighted by atomic mass is 32.2. The molecule has 0 aliphatic carbocycles. The lowest BCUT2D eigenvalue weighted by Crippen LogP contribution is -2.36. The maximum absolute atomic E-state index is 13.2. The van der Waals surface area contributed by atoms with Crippen LogP contribution in [-0.4, -0.2) is 30.4 Å². The zero-order valence-electron chi connectivity index (χ0n) is 16.6. The minimum absolute atomic E-state index is 0.154. The van der Waals surface area contributed by atoms with Crippen molar-refractivity contribution in [2.75, 3.05) is 12.0 Å². The molecule has 8 heteroatoms. The van der Waals surface area contributed by atoms with Crippen molar-refractivity contribution in [3.63, 3.8) is 0 Å². The van der Waals surface area contributed by atoms with E-state index in [1.807, 2.05) is 44.2 Å². The number of benzene rings is 2. The fourth-order valence-electron chi connectivity index (χ4n) is 2.87. The summed E-state index contributed by atoms with van der Waals surface area (Å²) in [5.41, 5.74) is 1.79. The van der Waals surface area contributed by atoms with Gasteiger partial charge in [0.25, 0.3) is 0 Å². The monoisotopic (exact) mass is 414 g/mol. The Kier molecular flexibility index (Phi) is 7.03. The van der Waals surface area contributed by atoms with E-state index in [-0.39, 0.29) is 10.9 Å². The first-order valence-corrected chi connectivity index (χ1v) is 10.9. The van der Waals surface area contributed by atoms with Gasteiger partial charge >= 0.3 is 0 Å². The molecule has 0 fully saturated rings. The van der Waals surface area contributed by atoms with E-state index in [0.29, 0.717) is 19.8 Å². The molecule has 0 amide bonds. The molecule has 1 heterocycles. The summed E-state index contributed by atoms with van der Waals surface area (Å²) in [4.78, 5) is 4.14. The van der Waals surface area contributed by atoms with Gasteiger partial charge in [-0.1, -0.05) is 30.3 Å². The molecule has 2 N–H and O–H groups in total. The van der Waals surface area contributed by atoms with Gasteiger partial charge in [0.2, 0.25) is 10.0 Å². The van der Waals surface area contributed by atoms with Gasteiger partial charge in [-0.05, 0) is 43.7 Å². The largest absolute Gasteiger partial charge is 0.447 e. The van der Waals surface area contributed by atoms with Crippen LogP contribution in [0.2, 0.25) is 0 Å². The molecule has 29 heavy (non-hydrogen) atoms. The van der Waals surface area contributed by atoms with E-state index >= 15 is 0 Å². The smallest absolute Gasteiger partial charge is 0.243 e. The van der Waals surface area contributed by atoms with Crippen molar-refractivity contribution in [1.29, 1.82) is 0 Å². The van der Waals surface area contributed by atoms with E-state index < -0.39 is 10.0 Å². The lowest BCUT2D eigenvalue weighted by Gasteiger charge is -2.26. The van der Waals surface area contributed by atoms with Crippen LogP contribution in [0.1, 0.15) is 25.2 Å². The molecular weight excluding hydrogens is 388 g/mol. The second kappa shape index (κ2) is 9.69. The number of oxazole rings is 1. The first kappa shape index (κ1) is 21.0. The molecule has 7 nitrogen and oxygen atoms in total. The number of aromatic nitrogens is 1. The predicted molar refractivity (Wildman–Crippen MR) is 113 cm³/mol. The van der Waals surface area contributed by atoms with Gasteiger partial charge in [0, 0.05) is 18.3 Å². The molecule has 0 saturated carbocycles. The number of nitrogens with zero attached hydrogens (tertiary/aromatic N) is 2. The number of nitrogens with one attached hydrogen (secondary N) is 2. The maximum atomic E-state index is 13.2. The normalized spacial score (nSPS) is 11.9. The number of anilines is 1. The van der Waals surface area contributed by atoms with Gasteiger partial charge < -0.3 is 9.73 Å². The molecule has 3 aromatic rings. The lowest BCUT2D eigenvalue weighted by atomic mass is 10.2. The lowest BCUT2D eigenvalue weighted by molar-refractivity contribution is 0.348. The Morgan fingerprint density at radius 3 is 2.41 bits per heavy atom. The van der Waals surface area contributed by atoms with Gasteiger partial charge in [0.15, 0.2) is 6.39 Å². The third kappa shape index (κ3) is 5.66. The Labute approximate surface area is 171 Å².